The molecule has 0 saturated heterocycles. The summed E-state index contributed by atoms with van der Waals surface area (Å²) in [6, 6.07) is 1.63. The number of aliphatic hydroxyl groups excluding tert-OH is 1. The minimum Gasteiger partial charge on any atom is -0.396 e. The van der Waals surface area contributed by atoms with Gasteiger partial charge in [0.05, 0.1) is 10.6 Å². The maximum atomic E-state index is 13.6. The molecule has 96 valence electrons. The normalized spacial score (nSPS) is 13.8. The summed E-state index contributed by atoms with van der Waals surface area (Å²) in [6.45, 7) is -0.323. The van der Waals surface area contributed by atoms with Gasteiger partial charge >= 0.3 is 6.18 Å². The summed E-state index contributed by atoms with van der Waals surface area (Å²) in [7, 11) is 0. The molecule has 0 aliphatic heterocycles. The fourth-order valence-electron chi connectivity index (χ4n) is 1.38. The van der Waals surface area contributed by atoms with E-state index in [-0.39, 0.29) is 18.1 Å². The van der Waals surface area contributed by atoms with Crippen LogP contribution in [0.4, 0.5) is 17.6 Å². The average molecular weight is 383 g/mol. The SMILES string of the molecule is OCCC(I)c1c(C(F)(F)F)ccc(Cl)c1F. The van der Waals surface area contributed by atoms with Crippen molar-refractivity contribution in [1.82, 2.24) is 0 Å². The molecule has 0 amide bonds. The van der Waals surface area contributed by atoms with Crippen LogP contribution in [0.2, 0.25) is 5.02 Å². The first-order valence-corrected chi connectivity index (χ1v) is 6.21. The van der Waals surface area contributed by atoms with E-state index >= 15 is 0 Å². The highest BCUT2D eigenvalue weighted by atomic mass is 127. The molecular formula is C10H8ClF4IO. The van der Waals surface area contributed by atoms with E-state index in [0.29, 0.717) is 0 Å². The second-order valence-electron chi connectivity index (χ2n) is 3.30. The van der Waals surface area contributed by atoms with E-state index in [1.807, 2.05) is 0 Å². The monoisotopic (exact) mass is 382 g/mol. The molecule has 7 heteroatoms. The number of hydrogen-bond donors (Lipinski definition) is 1. The molecule has 1 rings (SSSR count). The van der Waals surface area contributed by atoms with Crippen molar-refractivity contribution < 1.29 is 22.7 Å². The molecule has 0 heterocycles. The number of halogens is 6. The second-order valence-corrected chi connectivity index (χ2v) is 5.21. The fourth-order valence-corrected chi connectivity index (χ4v) is 2.43. The molecule has 0 bridgehead atoms. The van der Waals surface area contributed by atoms with Crippen molar-refractivity contribution in [3.63, 3.8) is 0 Å². The predicted octanol–water partition coefficient (Wildman–Crippen LogP) is 4.36. The molecule has 0 radical (unpaired) electrons. The van der Waals surface area contributed by atoms with Gasteiger partial charge < -0.3 is 5.11 Å². The van der Waals surface area contributed by atoms with Gasteiger partial charge in [-0.1, -0.05) is 34.2 Å². The highest BCUT2D eigenvalue weighted by Gasteiger charge is 2.36. The summed E-state index contributed by atoms with van der Waals surface area (Å²) in [4.78, 5) is 0. The molecule has 0 spiro atoms. The van der Waals surface area contributed by atoms with Gasteiger partial charge in [-0.15, -0.1) is 0 Å². The van der Waals surface area contributed by atoms with Crippen molar-refractivity contribution in [2.75, 3.05) is 6.61 Å². The third-order valence-electron chi connectivity index (χ3n) is 2.13. The molecule has 1 unspecified atom stereocenters. The van der Waals surface area contributed by atoms with Crippen LogP contribution in [0, 0.1) is 5.82 Å². The second kappa shape index (κ2) is 5.71. The van der Waals surface area contributed by atoms with E-state index in [1.54, 1.807) is 22.6 Å². The minimum atomic E-state index is -4.64. The lowest BCUT2D eigenvalue weighted by atomic mass is 10.0. The Morgan fingerprint density at radius 2 is 1.94 bits per heavy atom. The number of alkyl halides is 4. The summed E-state index contributed by atoms with van der Waals surface area (Å²) in [5.41, 5.74) is -1.55. The molecular weight excluding hydrogens is 374 g/mol. The van der Waals surface area contributed by atoms with Crippen molar-refractivity contribution in [2.45, 2.75) is 16.5 Å². The summed E-state index contributed by atoms with van der Waals surface area (Å²) in [6.07, 6.45) is -4.61. The van der Waals surface area contributed by atoms with Crippen LogP contribution in [0.25, 0.3) is 0 Å². The Balaban J connectivity index is 3.36. The van der Waals surface area contributed by atoms with Gasteiger partial charge in [0.1, 0.15) is 5.82 Å². The zero-order valence-electron chi connectivity index (χ0n) is 8.36. The van der Waals surface area contributed by atoms with E-state index in [1.165, 1.54) is 0 Å². The Morgan fingerprint density at radius 1 is 1.35 bits per heavy atom. The van der Waals surface area contributed by atoms with Crippen LogP contribution in [0.3, 0.4) is 0 Å². The van der Waals surface area contributed by atoms with Crippen LogP contribution in [-0.2, 0) is 6.18 Å². The summed E-state index contributed by atoms with van der Waals surface area (Å²) >= 11 is 7.13. The lowest BCUT2D eigenvalue weighted by Gasteiger charge is -2.18. The summed E-state index contributed by atoms with van der Waals surface area (Å²) in [5, 5.41) is 8.36. The Morgan fingerprint density at radius 3 is 2.41 bits per heavy atom. The third kappa shape index (κ3) is 3.45. The quantitative estimate of drug-likeness (QED) is 0.468. The molecule has 0 saturated carbocycles. The minimum absolute atomic E-state index is 0.0287. The van der Waals surface area contributed by atoms with E-state index in [2.05, 4.69) is 0 Å². The first-order chi connectivity index (χ1) is 7.79. The lowest BCUT2D eigenvalue weighted by molar-refractivity contribution is -0.138. The molecule has 17 heavy (non-hydrogen) atoms. The Bertz CT molecular complexity index is 408. The highest BCUT2D eigenvalue weighted by molar-refractivity contribution is 14.1. The molecule has 1 aromatic rings. The molecule has 1 nitrogen and oxygen atoms in total. The van der Waals surface area contributed by atoms with E-state index < -0.39 is 27.0 Å². The number of rotatable bonds is 3. The molecule has 0 aliphatic carbocycles. The number of aliphatic hydroxyl groups is 1. The van der Waals surface area contributed by atoms with E-state index in [4.69, 9.17) is 16.7 Å². The lowest BCUT2D eigenvalue weighted by Crippen LogP contribution is -2.13. The smallest absolute Gasteiger partial charge is 0.396 e. The van der Waals surface area contributed by atoms with Crippen molar-refractivity contribution in [1.29, 1.82) is 0 Å². The van der Waals surface area contributed by atoms with Gasteiger partial charge in [-0.05, 0) is 18.6 Å². The van der Waals surface area contributed by atoms with E-state index in [9.17, 15) is 17.6 Å². The predicted molar refractivity (Wildman–Crippen MR) is 64.9 cm³/mol. The fraction of sp³-hybridized carbons (Fsp3) is 0.400. The standard InChI is InChI=1S/C10H8ClF4IO/c11-6-2-1-5(10(13,14)15)8(9(6)12)7(16)3-4-17/h1-2,7,17H,3-4H2. The zero-order chi connectivity index (χ0) is 13.2. The van der Waals surface area contributed by atoms with Crippen molar-refractivity contribution >= 4 is 34.2 Å². The topological polar surface area (TPSA) is 20.2 Å². The van der Waals surface area contributed by atoms with Crippen LogP contribution in [-0.4, -0.2) is 11.7 Å². The summed E-state index contributed by atoms with van der Waals surface area (Å²) < 4.78 is 50.9. The zero-order valence-corrected chi connectivity index (χ0v) is 11.3. The molecule has 0 aliphatic rings. The Kier molecular flexibility index (Phi) is 5.03. The maximum Gasteiger partial charge on any atom is 0.416 e. The largest absolute Gasteiger partial charge is 0.416 e. The van der Waals surface area contributed by atoms with Crippen molar-refractivity contribution in [2.24, 2.45) is 0 Å². The van der Waals surface area contributed by atoms with Gasteiger partial charge in [0, 0.05) is 16.1 Å². The van der Waals surface area contributed by atoms with Crippen molar-refractivity contribution in [3.8, 4) is 0 Å². The molecule has 0 fully saturated rings. The van der Waals surface area contributed by atoms with Crippen LogP contribution in [0.5, 0.6) is 0 Å². The van der Waals surface area contributed by atoms with Gasteiger partial charge in [-0.3, -0.25) is 0 Å². The first-order valence-electron chi connectivity index (χ1n) is 4.59. The van der Waals surface area contributed by atoms with Crippen molar-refractivity contribution in [3.05, 3.63) is 34.1 Å². The van der Waals surface area contributed by atoms with Crippen LogP contribution in [0.15, 0.2) is 12.1 Å². The van der Waals surface area contributed by atoms with Crippen LogP contribution in [0.1, 0.15) is 21.5 Å². The maximum absolute atomic E-state index is 13.6. The molecule has 0 aromatic heterocycles. The Hall–Kier alpha value is -0.0800. The third-order valence-corrected chi connectivity index (χ3v) is 3.67. The van der Waals surface area contributed by atoms with Gasteiger partial charge in [0.15, 0.2) is 0 Å². The van der Waals surface area contributed by atoms with Gasteiger partial charge in [-0.2, -0.15) is 13.2 Å². The summed E-state index contributed by atoms with van der Waals surface area (Å²) in [5.74, 6) is -1.07. The van der Waals surface area contributed by atoms with Gasteiger partial charge in [0.25, 0.3) is 0 Å². The van der Waals surface area contributed by atoms with E-state index in [0.717, 1.165) is 12.1 Å². The molecule has 1 atom stereocenters. The average Bonchev–Trinajstić information content (AvgIpc) is 2.20. The Labute approximate surface area is 114 Å². The van der Waals surface area contributed by atoms with Crippen LogP contribution >= 0.6 is 34.2 Å². The van der Waals surface area contributed by atoms with Gasteiger partial charge in [0.2, 0.25) is 0 Å². The molecule has 1 N–H and O–H groups in total. The first kappa shape index (κ1) is 15.0. The number of benzene rings is 1. The number of hydrogen-bond acceptors (Lipinski definition) is 1. The highest BCUT2D eigenvalue weighted by Crippen LogP contribution is 2.41. The van der Waals surface area contributed by atoms with Crippen LogP contribution < -0.4 is 0 Å². The van der Waals surface area contributed by atoms with Gasteiger partial charge in [-0.25, -0.2) is 4.39 Å². The molecule has 1 aromatic carbocycles.